The molecule has 1 heterocycles. The monoisotopic (exact) mass is 301 g/mol. The smallest absolute Gasteiger partial charge is 0.277 e. The van der Waals surface area contributed by atoms with E-state index in [0.29, 0.717) is 30.3 Å². The summed E-state index contributed by atoms with van der Waals surface area (Å²) in [5.41, 5.74) is 0.357. The van der Waals surface area contributed by atoms with Crippen LogP contribution in [0.1, 0.15) is 18.4 Å². The maximum Gasteiger partial charge on any atom is 0.277 e. The number of alkyl halides is 1. The number of ether oxygens (including phenoxy) is 3. The van der Waals surface area contributed by atoms with E-state index >= 15 is 0 Å². The molecule has 0 aromatic heterocycles. The molecule has 0 unspecified atom stereocenters. The molecule has 7 heteroatoms. The van der Waals surface area contributed by atoms with Gasteiger partial charge in [0, 0.05) is 18.4 Å². The summed E-state index contributed by atoms with van der Waals surface area (Å²) in [4.78, 5) is 10.6. The average molecular weight is 302 g/mol. The Labute approximate surface area is 121 Å². The molecule has 6 nitrogen and oxygen atoms in total. The van der Waals surface area contributed by atoms with Gasteiger partial charge in [-0.25, -0.2) is 0 Å². The van der Waals surface area contributed by atoms with Gasteiger partial charge in [0.1, 0.15) is 6.10 Å². The van der Waals surface area contributed by atoms with Crippen LogP contribution in [0.15, 0.2) is 12.1 Å². The van der Waals surface area contributed by atoms with Crippen LogP contribution < -0.4 is 9.47 Å². The zero-order chi connectivity index (χ0) is 14.5. The number of nitro groups is 1. The van der Waals surface area contributed by atoms with Crippen molar-refractivity contribution in [1.29, 1.82) is 0 Å². The zero-order valence-corrected chi connectivity index (χ0v) is 11.9. The first-order valence-corrected chi connectivity index (χ1v) is 6.84. The van der Waals surface area contributed by atoms with Gasteiger partial charge in [-0.05, 0) is 6.07 Å². The summed E-state index contributed by atoms with van der Waals surface area (Å²) in [6, 6.07) is 2.94. The lowest BCUT2D eigenvalue weighted by molar-refractivity contribution is -0.385. The quantitative estimate of drug-likeness (QED) is 0.475. The highest BCUT2D eigenvalue weighted by atomic mass is 35.5. The molecule has 1 aliphatic rings. The van der Waals surface area contributed by atoms with Crippen LogP contribution in [0.5, 0.6) is 11.5 Å². The van der Waals surface area contributed by atoms with E-state index < -0.39 is 4.92 Å². The predicted molar refractivity (Wildman–Crippen MR) is 73.7 cm³/mol. The molecule has 110 valence electrons. The van der Waals surface area contributed by atoms with Crippen molar-refractivity contribution in [1.82, 2.24) is 0 Å². The van der Waals surface area contributed by atoms with Crippen molar-refractivity contribution in [2.24, 2.45) is 0 Å². The molecular weight excluding hydrogens is 286 g/mol. The topological polar surface area (TPSA) is 70.8 Å². The fraction of sp³-hybridized carbons (Fsp3) is 0.538. The van der Waals surface area contributed by atoms with Crippen molar-refractivity contribution in [3.8, 4) is 11.5 Å². The van der Waals surface area contributed by atoms with Gasteiger partial charge in [0.25, 0.3) is 5.69 Å². The van der Waals surface area contributed by atoms with Crippen LogP contribution in [0.25, 0.3) is 0 Å². The molecule has 0 radical (unpaired) electrons. The van der Waals surface area contributed by atoms with E-state index in [0.717, 1.165) is 12.8 Å². The number of hydrogen-bond donors (Lipinski definition) is 0. The predicted octanol–water partition coefficient (Wildman–Crippen LogP) is 2.90. The summed E-state index contributed by atoms with van der Waals surface area (Å²) in [6.45, 7) is 1.27. The summed E-state index contributed by atoms with van der Waals surface area (Å²) >= 11 is 5.73. The molecular formula is C13H16ClNO5. The maximum atomic E-state index is 11.1. The SMILES string of the molecule is COc1cc(CCl)c([N+](=O)[O-])cc1OC1CCOCC1. The minimum Gasteiger partial charge on any atom is -0.493 e. The molecule has 1 aliphatic heterocycles. The third-order valence-corrected chi connectivity index (χ3v) is 3.46. The Hall–Kier alpha value is -1.53. The Bertz CT molecular complexity index is 488. The number of nitrogens with zero attached hydrogens (tertiary/aromatic N) is 1. The molecule has 0 bridgehead atoms. The molecule has 0 spiro atoms. The fourth-order valence-corrected chi connectivity index (χ4v) is 2.31. The number of halogens is 1. The van der Waals surface area contributed by atoms with Crippen LogP contribution >= 0.6 is 11.6 Å². The molecule has 0 aliphatic carbocycles. The standard InChI is InChI=1S/C13H16ClNO5/c1-18-12-6-9(8-14)11(15(16)17)7-13(12)20-10-2-4-19-5-3-10/h6-7,10H,2-5,8H2,1H3. The van der Waals surface area contributed by atoms with Crippen molar-refractivity contribution in [3.05, 3.63) is 27.8 Å². The normalized spacial score (nSPS) is 15.9. The molecule has 1 fully saturated rings. The van der Waals surface area contributed by atoms with Gasteiger partial charge >= 0.3 is 0 Å². The van der Waals surface area contributed by atoms with Gasteiger partial charge in [-0.2, -0.15) is 0 Å². The third kappa shape index (κ3) is 3.32. The van der Waals surface area contributed by atoms with Crippen molar-refractivity contribution in [3.63, 3.8) is 0 Å². The second kappa shape index (κ2) is 6.76. The van der Waals surface area contributed by atoms with Crippen LogP contribution in [0.2, 0.25) is 0 Å². The molecule has 1 saturated heterocycles. The van der Waals surface area contributed by atoms with E-state index in [9.17, 15) is 10.1 Å². The molecule has 20 heavy (non-hydrogen) atoms. The zero-order valence-electron chi connectivity index (χ0n) is 11.1. The molecule has 1 aromatic rings. The van der Waals surface area contributed by atoms with Crippen molar-refractivity contribution >= 4 is 17.3 Å². The summed E-state index contributed by atoms with van der Waals surface area (Å²) < 4.78 is 16.3. The van der Waals surface area contributed by atoms with Crippen LogP contribution in [0.4, 0.5) is 5.69 Å². The van der Waals surface area contributed by atoms with Crippen LogP contribution in [0.3, 0.4) is 0 Å². The molecule has 0 amide bonds. The van der Waals surface area contributed by atoms with E-state index in [1.54, 1.807) is 6.07 Å². The number of methoxy groups -OCH3 is 1. The maximum absolute atomic E-state index is 11.1. The van der Waals surface area contributed by atoms with Gasteiger partial charge in [-0.1, -0.05) is 0 Å². The lowest BCUT2D eigenvalue weighted by atomic mass is 10.1. The van der Waals surface area contributed by atoms with Crippen molar-refractivity contribution in [2.45, 2.75) is 24.8 Å². The van der Waals surface area contributed by atoms with E-state index in [-0.39, 0.29) is 17.7 Å². The first-order valence-electron chi connectivity index (χ1n) is 6.31. The molecule has 0 saturated carbocycles. The number of rotatable bonds is 5. The van der Waals surface area contributed by atoms with E-state index in [1.807, 2.05) is 0 Å². The lowest BCUT2D eigenvalue weighted by Crippen LogP contribution is -2.26. The second-order valence-electron chi connectivity index (χ2n) is 4.45. The highest BCUT2D eigenvalue weighted by Crippen LogP contribution is 2.36. The lowest BCUT2D eigenvalue weighted by Gasteiger charge is -2.24. The van der Waals surface area contributed by atoms with Gasteiger partial charge < -0.3 is 14.2 Å². The summed E-state index contributed by atoms with van der Waals surface area (Å²) in [5, 5.41) is 11.1. The van der Waals surface area contributed by atoms with E-state index in [2.05, 4.69) is 0 Å². The van der Waals surface area contributed by atoms with Gasteiger partial charge in [-0.3, -0.25) is 10.1 Å². The molecule has 0 N–H and O–H groups in total. The van der Waals surface area contributed by atoms with Crippen LogP contribution in [-0.4, -0.2) is 31.4 Å². The van der Waals surface area contributed by atoms with Crippen LogP contribution in [0, 0.1) is 10.1 Å². The number of nitro benzene ring substituents is 1. The Morgan fingerprint density at radius 2 is 2.10 bits per heavy atom. The molecule has 1 aromatic carbocycles. The first-order chi connectivity index (χ1) is 9.65. The molecule has 0 atom stereocenters. The highest BCUT2D eigenvalue weighted by Gasteiger charge is 2.22. The minimum absolute atomic E-state index is 0.0147. The Morgan fingerprint density at radius 1 is 1.40 bits per heavy atom. The van der Waals surface area contributed by atoms with E-state index in [1.165, 1.54) is 13.2 Å². The van der Waals surface area contributed by atoms with Gasteiger partial charge in [-0.15, -0.1) is 11.6 Å². The van der Waals surface area contributed by atoms with Crippen molar-refractivity contribution in [2.75, 3.05) is 20.3 Å². The summed E-state index contributed by atoms with van der Waals surface area (Å²) in [7, 11) is 1.50. The second-order valence-corrected chi connectivity index (χ2v) is 4.72. The van der Waals surface area contributed by atoms with Crippen molar-refractivity contribution < 1.29 is 19.1 Å². The third-order valence-electron chi connectivity index (χ3n) is 3.17. The van der Waals surface area contributed by atoms with Gasteiger partial charge in [0.05, 0.1) is 37.2 Å². The first kappa shape index (κ1) is 14.9. The number of hydrogen-bond acceptors (Lipinski definition) is 5. The summed E-state index contributed by atoms with van der Waals surface area (Å²) in [6.07, 6.45) is 1.50. The highest BCUT2D eigenvalue weighted by molar-refractivity contribution is 6.17. The fourth-order valence-electron chi connectivity index (χ4n) is 2.09. The van der Waals surface area contributed by atoms with Gasteiger partial charge in [0.15, 0.2) is 11.5 Å². The Kier molecular flexibility index (Phi) is 5.03. The van der Waals surface area contributed by atoms with Gasteiger partial charge in [0.2, 0.25) is 0 Å². The average Bonchev–Trinajstić information content (AvgIpc) is 2.47. The number of benzene rings is 1. The molecule has 2 rings (SSSR count). The summed E-state index contributed by atoms with van der Waals surface area (Å²) in [5.74, 6) is 0.877. The largest absolute Gasteiger partial charge is 0.493 e. The Morgan fingerprint density at radius 3 is 2.65 bits per heavy atom. The minimum atomic E-state index is -0.464. The van der Waals surface area contributed by atoms with Crippen LogP contribution in [-0.2, 0) is 10.6 Å². The Balaban J connectivity index is 2.29. The van der Waals surface area contributed by atoms with E-state index in [4.69, 9.17) is 25.8 Å².